The van der Waals surface area contributed by atoms with E-state index in [2.05, 4.69) is 6.92 Å². The number of nitrogens with zero attached hydrogens (tertiary/aromatic N) is 1. The van der Waals surface area contributed by atoms with Gasteiger partial charge in [-0.05, 0) is 6.92 Å². The molecule has 0 aromatic rings. The van der Waals surface area contributed by atoms with Gasteiger partial charge >= 0.3 is 5.97 Å². The molecule has 2 rings (SSSR count). The molecule has 2 aliphatic rings. The molecule has 5 heteroatoms. The smallest absolute Gasteiger partial charge is 0.396 e. The number of ether oxygens (including phenoxy) is 2. The first-order valence-corrected chi connectivity index (χ1v) is 6.91. The van der Waals surface area contributed by atoms with E-state index in [-0.39, 0.29) is 17.1 Å². The molecule has 2 atom stereocenters. The van der Waals surface area contributed by atoms with Crippen LogP contribution in [-0.2, 0) is 14.3 Å². The molecular formula is C14H24NO4+. The van der Waals surface area contributed by atoms with E-state index in [1.54, 1.807) is 14.0 Å². The lowest BCUT2D eigenvalue weighted by atomic mass is 9.91. The molecule has 2 unspecified atom stereocenters. The second kappa shape index (κ2) is 5.13. The lowest BCUT2D eigenvalue weighted by Crippen LogP contribution is -2.47. The van der Waals surface area contributed by atoms with Gasteiger partial charge < -0.3 is 14.6 Å². The van der Waals surface area contributed by atoms with E-state index in [4.69, 9.17) is 9.47 Å². The maximum absolute atomic E-state index is 12.1. The Bertz CT molecular complexity index is 406. The SMILES string of the molecule is CCOC(=O)C1=C(O)CC[N+]12CCC(C)(COC)C2. The van der Waals surface area contributed by atoms with E-state index >= 15 is 0 Å². The van der Waals surface area contributed by atoms with Crippen LogP contribution >= 0.6 is 0 Å². The molecule has 0 bridgehead atoms. The summed E-state index contributed by atoms with van der Waals surface area (Å²) in [4.78, 5) is 12.1. The number of hydrogen-bond acceptors (Lipinski definition) is 4. The van der Waals surface area contributed by atoms with Crippen molar-refractivity contribution >= 4 is 5.97 Å². The molecule has 108 valence electrons. The highest BCUT2D eigenvalue weighted by molar-refractivity contribution is 5.87. The van der Waals surface area contributed by atoms with Gasteiger partial charge in [0.15, 0.2) is 5.76 Å². The summed E-state index contributed by atoms with van der Waals surface area (Å²) in [6, 6.07) is 0. The Hall–Kier alpha value is -1.07. The first-order valence-electron chi connectivity index (χ1n) is 6.91. The second-order valence-corrected chi connectivity index (χ2v) is 6.01. The minimum atomic E-state index is -0.362. The quantitative estimate of drug-likeness (QED) is 0.622. The number of aliphatic hydroxyl groups excluding tert-OH is 1. The topological polar surface area (TPSA) is 55.8 Å². The van der Waals surface area contributed by atoms with E-state index in [0.29, 0.717) is 29.8 Å². The summed E-state index contributed by atoms with van der Waals surface area (Å²) in [5.41, 5.74) is 0.540. The fraction of sp³-hybridized carbons (Fsp3) is 0.786. The molecule has 19 heavy (non-hydrogen) atoms. The minimum Gasteiger partial charge on any atom is -0.506 e. The van der Waals surface area contributed by atoms with Crippen LogP contribution in [0.25, 0.3) is 0 Å². The third-order valence-corrected chi connectivity index (χ3v) is 4.31. The maximum Gasteiger partial charge on any atom is 0.396 e. The van der Waals surface area contributed by atoms with Crippen LogP contribution in [0.5, 0.6) is 0 Å². The molecule has 1 N–H and O–H groups in total. The molecule has 1 saturated heterocycles. The zero-order chi connectivity index (χ0) is 14.1. The van der Waals surface area contributed by atoms with E-state index in [1.807, 2.05) is 0 Å². The fourth-order valence-corrected chi connectivity index (χ4v) is 3.56. The number of carbonyl (C=O) groups excluding carboxylic acids is 1. The standard InChI is InChI=1S/C14H23NO4/c1-4-19-13(17)12-11(16)5-7-15(12)8-6-14(2,9-15)10-18-3/h4-10H2,1-3H3/p+1. The Morgan fingerprint density at radius 1 is 1.47 bits per heavy atom. The zero-order valence-electron chi connectivity index (χ0n) is 12.1. The van der Waals surface area contributed by atoms with Crippen LogP contribution in [0.1, 0.15) is 26.7 Å². The summed E-state index contributed by atoms with van der Waals surface area (Å²) in [5, 5.41) is 10.0. The van der Waals surface area contributed by atoms with Crippen molar-refractivity contribution in [2.45, 2.75) is 26.7 Å². The lowest BCUT2D eigenvalue weighted by Gasteiger charge is -2.32. The highest BCUT2D eigenvalue weighted by Crippen LogP contribution is 2.43. The molecule has 2 heterocycles. The summed E-state index contributed by atoms with van der Waals surface area (Å²) in [7, 11) is 1.71. The molecule has 0 radical (unpaired) electrons. The second-order valence-electron chi connectivity index (χ2n) is 6.01. The monoisotopic (exact) mass is 270 g/mol. The van der Waals surface area contributed by atoms with Gasteiger partial charge in [-0.15, -0.1) is 0 Å². The van der Waals surface area contributed by atoms with Crippen LogP contribution < -0.4 is 0 Å². The molecule has 2 aliphatic heterocycles. The Labute approximate surface area is 114 Å². The zero-order valence-corrected chi connectivity index (χ0v) is 12.1. The number of hydrogen-bond donors (Lipinski definition) is 1. The Kier molecular flexibility index (Phi) is 3.87. The minimum absolute atomic E-state index is 0.0666. The predicted molar refractivity (Wildman–Crippen MR) is 70.4 cm³/mol. The first kappa shape index (κ1) is 14.3. The molecule has 0 saturated carbocycles. The van der Waals surface area contributed by atoms with E-state index < -0.39 is 0 Å². The van der Waals surface area contributed by atoms with Crippen LogP contribution in [0.2, 0.25) is 0 Å². The largest absolute Gasteiger partial charge is 0.506 e. The first-order chi connectivity index (χ1) is 8.96. The molecule has 1 spiro atoms. The molecule has 0 aliphatic carbocycles. The Balaban J connectivity index is 2.23. The summed E-state index contributed by atoms with van der Waals surface area (Å²) in [5.74, 6) is -0.153. The predicted octanol–water partition coefficient (Wildman–Crippen LogP) is 1.60. The van der Waals surface area contributed by atoms with Crippen LogP contribution in [0, 0.1) is 5.41 Å². The summed E-state index contributed by atoms with van der Waals surface area (Å²) >= 11 is 0. The molecule has 5 nitrogen and oxygen atoms in total. The van der Waals surface area contributed by atoms with Crippen molar-refractivity contribution in [3.63, 3.8) is 0 Å². The highest BCUT2D eigenvalue weighted by Gasteiger charge is 2.54. The van der Waals surface area contributed by atoms with Gasteiger partial charge in [-0.25, -0.2) is 4.79 Å². The van der Waals surface area contributed by atoms with Gasteiger partial charge in [0, 0.05) is 18.9 Å². The van der Waals surface area contributed by atoms with Gasteiger partial charge in [0.1, 0.15) is 0 Å². The third-order valence-electron chi connectivity index (χ3n) is 4.31. The molecule has 0 aromatic carbocycles. The third kappa shape index (κ3) is 2.49. The number of aliphatic hydroxyl groups is 1. The van der Waals surface area contributed by atoms with Crippen LogP contribution in [0.3, 0.4) is 0 Å². The van der Waals surface area contributed by atoms with Crippen molar-refractivity contribution in [1.29, 1.82) is 0 Å². The molecule has 0 amide bonds. The van der Waals surface area contributed by atoms with Crippen molar-refractivity contribution in [3.05, 3.63) is 11.5 Å². The average molecular weight is 270 g/mol. The Morgan fingerprint density at radius 3 is 2.84 bits per heavy atom. The van der Waals surface area contributed by atoms with Crippen LogP contribution in [0.4, 0.5) is 0 Å². The van der Waals surface area contributed by atoms with Gasteiger partial charge in [-0.3, -0.25) is 4.48 Å². The number of quaternary nitrogens is 1. The molecule has 1 fully saturated rings. The van der Waals surface area contributed by atoms with E-state index in [0.717, 1.165) is 26.1 Å². The Morgan fingerprint density at radius 2 is 2.21 bits per heavy atom. The van der Waals surface area contributed by atoms with E-state index in [9.17, 15) is 9.90 Å². The fourth-order valence-electron chi connectivity index (χ4n) is 3.56. The molecular weight excluding hydrogens is 246 g/mol. The van der Waals surface area contributed by atoms with E-state index in [1.165, 1.54) is 0 Å². The average Bonchev–Trinajstić information content (AvgIpc) is 2.82. The van der Waals surface area contributed by atoms with Gasteiger partial charge in [0.2, 0.25) is 0 Å². The maximum atomic E-state index is 12.1. The highest BCUT2D eigenvalue weighted by atomic mass is 16.5. The van der Waals surface area contributed by atoms with Gasteiger partial charge in [0.25, 0.3) is 5.70 Å². The summed E-state index contributed by atoms with van der Waals surface area (Å²) in [6.07, 6.45) is 1.56. The number of carbonyl (C=O) groups is 1. The number of esters is 1. The van der Waals surface area contributed by atoms with Crippen LogP contribution in [-0.4, -0.2) is 55.5 Å². The van der Waals surface area contributed by atoms with Crippen molar-refractivity contribution < 1.29 is 23.9 Å². The van der Waals surface area contributed by atoms with Crippen LogP contribution in [0.15, 0.2) is 11.5 Å². The normalized spacial score (nSPS) is 34.3. The molecule has 0 aromatic heterocycles. The van der Waals surface area contributed by atoms with Gasteiger partial charge in [-0.2, -0.15) is 0 Å². The van der Waals surface area contributed by atoms with Crippen molar-refractivity contribution in [2.24, 2.45) is 5.41 Å². The number of methoxy groups -OCH3 is 1. The summed E-state index contributed by atoms with van der Waals surface area (Å²) in [6.45, 7) is 7.49. The summed E-state index contributed by atoms with van der Waals surface area (Å²) < 4.78 is 11.0. The van der Waals surface area contributed by atoms with Crippen molar-refractivity contribution in [3.8, 4) is 0 Å². The lowest BCUT2D eigenvalue weighted by molar-refractivity contribution is -0.873. The van der Waals surface area contributed by atoms with Gasteiger partial charge in [-0.1, -0.05) is 6.92 Å². The number of rotatable bonds is 4. The van der Waals surface area contributed by atoms with Crippen molar-refractivity contribution in [2.75, 3.05) is 40.0 Å². The van der Waals surface area contributed by atoms with Crippen molar-refractivity contribution in [1.82, 2.24) is 0 Å². The van der Waals surface area contributed by atoms with Gasteiger partial charge in [0.05, 0.1) is 39.3 Å².